The Morgan fingerprint density at radius 1 is 1.32 bits per heavy atom. The van der Waals surface area contributed by atoms with Crippen molar-refractivity contribution < 1.29 is 9.53 Å². The van der Waals surface area contributed by atoms with Gasteiger partial charge < -0.3 is 10.1 Å². The van der Waals surface area contributed by atoms with E-state index in [1.54, 1.807) is 0 Å². The van der Waals surface area contributed by atoms with Crippen molar-refractivity contribution in [2.24, 2.45) is 0 Å². The number of carbonyl (C=O) groups is 1. The van der Waals surface area contributed by atoms with Gasteiger partial charge in [0.1, 0.15) is 0 Å². The molecule has 5 nitrogen and oxygen atoms in total. The molecule has 1 aromatic heterocycles. The third-order valence-corrected chi connectivity index (χ3v) is 5.51. The van der Waals surface area contributed by atoms with Gasteiger partial charge in [0.2, 0.25) is 0 Å². The van der Waals surface area contributed by atoms with Crippen LogP contribution in [-0.4, -0.2) is 43.3 Å². The second-order valence-electron chi connectivity index (χ2n) is 5.71. The first kappa shape index (κ1) is 14.1. The lowest BCUT2D eigenvalue weighted by Crippen LogP contribution is -2.55. The van der Waals surface area contributed by atoms with E-state index in [0.29, 0.717) is 13.2 Å². The smallest absolute Gasteiger partial charge is 0.251 e. The van der Waals surface area contributed by atoms with Gasteiger partial charge in [-0.1, -0.05) is 18.2 Å². The zero-order chi connectivity index (χ0) is 14.9. The predicted octanol–water partition coefficient (Wildman–Crippen LogP) is 1.28. The molecular weight excluding hydrogens is 298 g/mol. The highest BCUT2D eigenvalue weighted by molar-refractivity contribution is 7.19. The molecule has 0 unspecified atom stereocenters. The Bertz CT molecular complexity index is 694. The largest absolute Gasteiger partial charge is 0.379 e. The average molecular weight is 317 g/mol. The summed E-state index contributed by atoms with van der Waals surface area (Å²) in [7, 11) is 0. The maximum absolute atomic E-state index is 12.5. The minimum absolute atomic E-state index is 0.0582. The minimum Gasteiger partial charge on any atom is -0.379 e. The van der Waals surface area contributed by atoms with Crippen molar-refractivity contribution in [1.29, 1.82) is 0 Å². The van der Waals surface area contributed by atoms with Gasteiger partial charge in [0.05, 0.1) is 19.3 Å². The number of hydrogen-bond donors (Lipinski definition) is 2. The van der Waals surface area contributed by atoms with Crippen molar-refractivity contribution in [1.82, 2.24) is 15.8 Å². The quantitative estimate of drug-likeness (QED) is 0.876. The van der Waals surface area contributed by atoms with E-state index in [2.05, 4.69) is 35.0 Å². The molecule has 3 heterocycles. The number of amides is 1. The Balaban J connectivity index is 1.50. The summed E-state index contributed by atoms with van der Waals surface area (Å²) in [5.74, 6) is 0.0582. The van der Waals surface area contributed by atoms with Crippen molar-refractivity contribution in [3.8, 4) is 0 Å². The van der Waals surface area contributed by atoms with Crippen LogP contribution < -0.4 is 10.7 Å². The number of nitrogens with one attached hydrogen (secondary N) is 2. The van der Waals surface area contributed by atoms with Crippen LogP contribution in [0.5, 0.6) is 0 Å². The minimum atomic E-state index is -0.159. The maximum Gasteiger partial charge on any atom is 0.251 e. The lowest BCUT2D eigenvalue weighted by atomic mass is 9.98. The van der Waals surface area contributed by atoms with E-state index in [4.69, 9.17) is 4.74 Å². The highest BCUT2D eigenvalue weighted by atomic mass is 32.1. The molecule has 0 aliphatic carbocycles. The standard InChI is InChI=1S/C16H19N3O2S/c20-16(18-19-5-7-21-8-6-19)13-9-12-11-3-1-2-4-14(11)22-15(12)10-17-13/h1-4,13,17H,5-10H2,(H,18,20)/t13-/m1/s1. The van der Waals surface area contributed by atoms with Crippen LogP contribution in [0.3, 0.4) is 0 Å². The van der Waals surface area contributed by atoms with Gasteiger partial charge in [-0.2, -0.15) is 0 Å². The summed E-state index contributed by atoms with van der Waals surface area (Å²) in [6, 6.07) is 8.29. The molecule has 1 amide bonds. The molecule has 1 aromatic carbocycles. The van der Waals surface area contributed by atoms with Crippen molar-refractivity contribution in [3.05, 3.63) is 34.7 Å². The number of thiophene rings is 1. The predicted molar refractivity (Wildman–Crippen MR) is 86.7 cm³/mol. The normalized spacial score (nSPS) is 22.5. The first-order valence-corrected chi connectivity index (χ1v) is 8.49. The summed E-state index contributed by atoms with van der Waals surface area (Å²) < 4.78 is 6.61. The van der Waals surface area contributed by atoms with Crippen LogP contribution in [0, 0.1) is 0 Å². The maximum atomic E-state index is 12.5. The van der Waals surface area contributed by atoms with Crippen LogP contribution in [0.4, 0.5) is 0 Å². The number of hydrogen-bond acceptors (Lipinski definition) is 5. The molecule has 0 spiro atoms. The third-order valence-electron chi connectivity index (χ3n) is 4.30. The van der Waals surface area contributed by atoms with Crippen LogP contribution in [0.15, 0.2) is 24.3 Å². The first-order chi connectivity index (χ1) is 10.8. The molecule has 4 rings (SSSR count). The highest BCUT2D eigenvalue weighted by Gasteiger charge is 2.28. The number of carbonyl (C=O) groups excluding carboxylic acids is 1. The molecule has 1 atom stereocenters. The van der Waals surface area contributed by atoms with E-state index in [1.807, 2.05) is 16.3 Å². The number of ether oxygens (including phenoxy) is 1. The molecule has 6 heteroatoms. The van der Waals surface area contributed by atoms with E-state index in [0.717, 1.165) is 26.1 Å². The fourth-order valence-corrected chi connectivity index (χ4v) is 4.29. The monoisotopic (exact) mass is 317 g/mol. The van der Waals surface area contributed by atoms with Gasteiger partial charge >= 0.3 is 0 Å². The van der Waals surface area contributed by atoms with Gasteiger partial charge in [-0.25, -0.2) is 5.01 Å². The van der Waals surface area contributed by atoms with Crippen molar-refractivity contribution in [2.75, 3.05) is 26.3 Å². The van der Waals surface area contributed by atoms with E-state index in [9.17, 15) is 4.79 Å². The summed E-state index contributed by atoms with van der Waals surface area (Å²) in [5.41, 5.74) is 4.35. The summed E-state index contributed by atoms with van der Waals surface area (Å²) in [6.45, 7) is 3.64. The number of benzene rings is 1. The Morgan fingerprint density at radius 3 is 3.00 bits per heavy atom. The molecule has 0 bridgehead atoms. The van der Waals surface area contributed by atoms with Crippen LogP contribution in [0.2, 0.25) is 0 Å². The Kier molecular flexibility index (Phi) is 3.83. The van der Waals surface area contributed by atoms with E-state index in [-0.39, 0.29) is 11.9 Å². The second-order valence-corrected chi connectivity index (χ2v) is 6.85. The fraction of sp³-hybridized carbons (Fsp3) is 0.438. The third kappa shape index (κ3) is 2.63. The number of rotatable bonds is 2. The van der Waals surface area contributed by atoms with Crippen LogP contribution in [-0.2, 0) is 22.5 Å². The number of fused-ring (bicyclic) bond motifs is 3. The van der Waals surface area contributed by atoms with Gasteiger partial charge in [-0.3, -0.25) is 10.2 Å². The molecule has 116 valence electrons. The van der Waals surface area contributed by atoms with Crippen LogP contribution in [0.25, 0.3) is 10.1 Å². The van der Waals surface area contributed by atoms with Crippen molar-refractivity contribution in [2.45, 2.75) is 19.0 Å². The molecule has 22 heavy (non-hydrogen) atoms. The summed E-state index contributed by atoms with van der Waals surface area (Å²) in [5, 5.41) is 6.62. The zero-order valence-electron chi connectivity index (χ0n) is 12.3. The second kappa shape index (κ2) is 5.96. The van der Waals surface area contributed by atoms with Crippen LogP contribution >= 0.6 is 11.3 Å². The molecule has 1 saturated heterocycles. The van der Waals surface area contributed by atoms with E-state index >= 15 is 0 Å². The topological polar surface area (TPSA) is 53.6 Å². The number of nitrogens with zero attached hydrogens (tertiary/aromatic N) is 1. The summed E-state index contributed by atoms with van der Waals surface area (Å²) in [6.07, 6.45) is 0.759. The molecular formula is C16H19N3O2S. The van der Waals surface area contributed by atoms with Gasteiger partial charge in [-0.15, -0.1) is 11.3 Å². The molecule has 0 saturated carbocycles. The van der Waals surface area contributed by atoms with E-state index in [1.165, 1.54) is 20.5 Å². The van der Waals surface area contributed by atoms with Crippen molar-refractivity contribution >= 4 is 27.3 Å². The van der Waals surface area contributed by atoms with Crippen LogP contribution in [0.1, 0.15) is 10.4 Å². The molecule has 2 aliphatic rings. The lowest BCUT2D eigenvalue weighted by Gasteiger charge is -2.30. The zero-order valence-corrected chi connectivity index (χ0v) is 13.1. The Morgan fingerprint density at radius 2 is 2.14 bits per heavy atom. The fourth-order valence-electron chi connectivity index (χ4n) is 3.10. The van der Waals surface area contributed by atoms with Gasteiger partial charge in [0.15, 0.2) is 0 Å². The molecule has 1 fully saturated rings. The molecule has 2 aliphatic heterocycles. The summed E-state index contributed by atoms with van der Waals surface area (Å²) in [4.78, 5) is 13.8. The van der Waals surface area contributed by atoms with Gasteiger partial charge in [0, 0.05) is 29.2 Å². The van der Waals surface area contributed by atoms with Gasteiger partial charge in [-0.05, 0) is 23.4 Å². The molecule has 2 N–H and O–H groups in total. The Hall–Kier alpha value is -1.47. The summed E-state index contributed by atoms with van der Waals surface area (Å²) >= 11 is 1.83. The molecule has 2 aromatic rings. The number of hydrazine groups is 1. The first-order valence-electron chi connectivity index (χ1n) is 7.67. The lowest BCUT2D eigenvalue weighted by molar-refractivity contribution is -0.130. The van der Waals surface area contributed by atoms with Gasteiger partial charge in [0.25, 0.3) is 5.91 Å². The number of morpholine rings is 1. The van der Waals surface area contributed by atoms with Crippen molar-refractivity contribution in [3.63, 3.8) is 0 Å². The molecule has 0 radical (unpaired) electrons. The SMILES string of the molecule is O=C(NN1CCOCC1)[C@H]1Cc2c(sc3ccccc23)CN1. The highest BCUT2D eigenvalue weighted by Crippen LogP contribution is 2.34. The Labute approximate surface area is 133 Å². The van der Waals surface area contributed by atoms with E-state index < -0.39 is 0 Å². The average Bonchev–Trinajstić information content (AvgIpc) is 2.93.